The number of aryl methyl sites for hydroxylation is 1. The molecular formula is C13H8ClF5N2. The Morgan fingerprint density at radius 3 is 2.14 bits per heavy atom. The fourth-order valence-corrected chi connectivity index (χ4v) is 1.93. The van der Waals surface area contributed by atoms with Gasteiger partial charge in [-0.15, -0.1) is 0 Å². The summed E-state index contributed by atoms with van der Waals surface area (Å²) in [6.45, 7) is 1.32. The van der Waals surface area contributed by atoms with E-state index in [9.17, 15) is 22.0 Å². The summed E-state index contributed by atoms with van der Waals surface area (Å²) in [5, 5.41) is 0.319. The lowest BCUT2D eigenvalue weighted by Crippen LogP contribution is -2.35. The third-order valence-electron chi connectivity index (χ3n) is 2.78. The van der Waals surface area contributed by atoms with E-state index in [4.69, 9.17) is 11.6 Å². The van der Waals surface area contributed by atoms with Crippen molar-refractivity contribution in [2.24, 2.45) is 0 Å². The van der Waals surface area contributed by atoms with Crippen LogP contribution >= 0.6 is 11.6 Å². The van der Waals surface area contributed by atoms with E-state index in [-0.39, 0.29) is 5.69 Å². The molecule has 8 heteroatoms. The van der Waals surface area contributed by atoms with Crippen LogP contribution in [0.1, 0.15) is 11.5 Å². The van der Waals surface area contributed by atoms with Crippen molar-refractivity contribution < 1.29 is 22.0 Å². The van der Waals surface area contributed by atoms with Crippen LogP contribution in [0.3, 0.4) is 0 Å². The highest BCUT2D eigenvalue weighted by atomic mass is 35.5. The average Bonchev–Trinajstić information content (AvgIpc) is 2.38. The number of halogens is 6. The number of rotatable bonds is 2. The van der Waals surface area contributed by atoms with Gasteiger partial charge in [0.2, 0.25) is 5.82 Å². The van der Waals surface area contributed by atoms with Gasteiger partial charge in [0.1, 0.15) is 0 Å². The zero-order valence-corrected chi connectivity index (χ0v) is 11.3. The van der Waals surface area contributed by atoms with Crippen LogP contribution in [0.4, 0.5) is 22.0 Å². The molecule has 0 radical (unpaired) electrons. The first-order valence-corrected chi connectivity index (χ1v) is 6.06. The first-order chi connectivity index (χ1) is 9.64. The van der Waals surface area contributed by atoms with Crippen molar-refractivity contribution in [2.75, 3.05) is 0 Å². The van der Waals surface area contributed by atoms with Gasteiger partial charge in [-0.25, -0.2) is 9.97 Å². The van der Waals surface area contributed by atoms with Crippen LogP contribution in [0.5, 0.6) is 0 Å². The van der Waals surface area contributed by atoms with E-state index in [1.165, 1.54) is 6.92 Å². The lowest BCUT2D eigenvalue weighted by Gasteiger charge is -2.18. The SMILES string of the molecule is Cc1nc(C(F)(F)C(F)(F)F)ncc1-c1ccccc1Cl. The molecule has 0 saturated carbocycles. The van der Waals surface area contributed by atoms with Crippen LogP contribution in [0.25, 0.3) is 11.1 Å². The second-order valence-electron chi connectivity index (χ2n) is 4.24. The Morgan fingerprint density at radius 2 is 1.62 bits per heavy atom. The lowest BCUT2D eigenvalue weighted by atomic mass is 10.1. The maximum Gasteiger partial charge on any atom is 0.461 e. The predicted octanol–water partition coefficient (Wildman–Crippen LogP) is 4.76. The summed E-state index contributed by atoms with van der Waals surface area (Å²) in [5.74, 6) is -6.68. The van der Waals surface area contributed by atoms with Gasteiger partial charge in [0.25, 0.3) is 0 Å². The highest BCUT2D eigenvalue weighted by Gasteiger charge is 2.61. The highest BCUT2D eigenvalue weighted by Crippen LogP contribution is 2.42. The molecule has 2 nitrogen and oxygen atoms in total. The molecule has 112 valence electrons. The fraction of sp³-hybridized carbons (Fsp3) is 0.231. The molecule has 0 atom stereocenters. The normalized spacial score (nSPS) is 12.5. The molecule has 0 spiro atoms. The van der Waals surface area contributed by atoms with Gasteiger partial charge in [-0.1, -0.05) is 29.8 Å². The van der Waals surface area contributed by atoms with Crippen molar-refractivity contribution in [1.29, 1.82) is 0 Å². The maximum atomic E-state index is 13.2. The third kappa shape index (κ3) is 2.83. The molecule has 0 saturated heterocycles. The number of benzene rings is 1. The zero-order chi connectivity index (χ0) is 15.8. The van der Waals surface area contributed by atoms with Crippen LogP contribution in [-0.2, 0) is 5.92 Å². The van der Waals surface area contributed by atoms with Crippen molar-refractivity contribution in [1.82, 2.24) is 9.97 Å². The summed E-state index contributed by atoms with van der Waals surface area (Å²) in [5.41, 5.74) is 0.734. The highest BCUT2D eigenvalue weighted by molar-refractivity contribution is 6.33. The van der Waals surface area contributed by atoms with E-state index < -0.39 is 17.9 Å². The molecule has 21 heavy (non-hydrogen) atoms. The van der Waals surface area contributed by atoms with E-state index in [0.717, 1.165) is 6.20 Å². The Balaban J connectivity index is 2.51. The van der Waals surface area contributed by atoms with Crippen molar-refractivity contribution in [2.45, 2.75) is 19.0 Å². The van der Waals surface area contributed by atoms with Crippen LogP contribution in [0, 0.1) is 6.92 Å². The van der Waals surface area contributed by atoms with Gasteiger partial charge in [0, 0.05) is 28.0 Å². The van der Waals surface area contributed by atoms with Gasteiger partial charge in [-0.2, -0.15) is 22.0 Å². The Labute approximate surface area is 121 Å². The molecular weight excluding hydrogens is 315 g/mol. The zero-order valence-electron chi connectivity index (χ0n) is 10.5. The van der Waals surface area contributed by atoms with Gasteiger partial charge < -0.3 is 0 Å². The quantitative estimate of drug-likeness (QED) is 0.745. The summed E-state index contributed by atoms with van der Waals surface area (Å²) in [4.78, 5) is 6.44. The van der Waals surface area contributed by atoms with E-state index in [1.807, 2.05) is 0 Å². The summed E-state index contributed by atoms with van der Waals surface area (Å²) < 4.78 is 63.2. The lowest BCUT2D eigenvalue weighted by molar-refractivity contribution is -0.292. The van der Waals surface area contributed by atoms with Gasteiger partial charge >= 0.3 is 12.1 Å². The van der Waals surface area contributed by atoms with Crippen LogP contribution in [-0.4, -0.2) is 16.1 Å². The average molecular weight is 323 g/mol. The predicted molar refractivity (Wildman–Crippen MR) is 67.2 cm³/mol. The van der Waals surface area contributed by atoms with Crippen LogP contribution in [0.15, 0.2) is 30.5 Å². The molecule has 0 amide bonds. The largest absolute Gasteiger partial charge is 0.461 e. The van der Waals surface area contributed by atoms with E-state index in [1.54, 1.807) is 24.3 Å². The molecule has 2 rings (SSSR count). The smallest absolute Gasteiger partial charge is 0.235 e. The van der Waals surface area contributed by atoms with Crippen molar-refractivity contribution in [3.8, 4) is 11.1 Å². The van der Waals surface area contributed by atoms with Gasteiger partial charge in [0.05, 0.1) is 0 Å². The van der Waals surface area contributed by atoms with E-state index in [2.05, 4.69) is 9.97 Å². The maximum absolute atomic E-state index is 13.2. The second kappa shape index (κ2) is 5.22. The van der Waals surface area contributed by atoms with Gasteiger partial charge in [-0.3, -0.25) is 0 Å². The number of alkyl halides is 5. The van der Waals surface area contributed by atoms with Crippen molar-refractivity contribution in [3.63, 3.8) is 0 Å². The third-order valence-corrected chi connectivity index (χ3v) is 3.11. The van der Waals surface area contributed by atoms with Crippen molar-refractivity contribution in [3.05, 3.63) is 47.0 Å². The van der Waals surface area contributed by atoms with Crippen LogP contribution < -0.4 is 0 Å². The Bertz CT molecular complexity index is 670. The molecule has 0 aliphatic rings. The molecule has 2 aromatic rings. The minimum absolute atomic E-state index is 0.0166. The molecule has 0 N–H and O–H groups in total. The molecule has 1 aromatic heterocycles. The summed E-state index contributed by atoms with van der Waals surface area (Å²) in [7, 11) is 0. The molecule has 0 aliphatic carbocycles. The van der Waals surface area contributed by atoms with E-state index >= 15 is 0 Å². The first-order valence-electron chi connectivity index (χ1n) is 5.68. The number of hydrogen-bond donors (Lipinski definition) is 0. The summed E-state index contributed by atoms with van der Waals surface area (Å²) >= 11 is 5.95. The minimum atomic E-state index is -5.74. The minimum Gasteiger partial charge on any atom is -0.235 e. The Kier molecular flexibility index (Phi) is 3.88. The first kappa shape index (κ1) is 15.6. The molecule has 0 bridgehead atoms. The standard InChI is InChI=1S/C13H8ClF5N2/c1-7-9(8-4-2-3-5-10(8)14)6-20-11(21-7)12(15,16)13(17,18)19/h2-6H,1H3. The monoisotopic (exact) mass is 322 g/mol. The van der Waals surface area contributed by atoms with Gasteiger partial charge in [-0.05, 0) is 13.0 Å². The molecule has 1 aromatic carbocycles. The van der Waals surface area contributed by atoms with Crippen LogP contribution in [0.2, 0.25) is 5.02 Å². The summed E-state index contributed by atoms with van der Waals surface area (Å²) in [6.07, 6.45) is -4.83. The molecule has 1 heterocycles. The van der Waals surface area contributed by atoms with E-state index in [0.29, 0.717) is 16.1 Å². The summed E-state index contributed by atoms with van der Waals surface area (Å²) in [6, 6.07) is 6.47. The molecule has 0 unspecified atom stereocenters. The fourth-order valence-electron chi connectivity index (χ4n) is 1.69. The Morgan fingerprint density at radius 1 is 1.00 bits per heavy atom. The van der Waals surface area contributed by atoms with Gasteiger partial charge in [0.15, 0.2) is 0 Å². The number of hydrogen-bond acceptors (Lipinski definition) is 2. The number of aromatic nitrogens is 2. The van der Waals surface area contributed by atoms with Crippen molar-refractivity contribution >= 4 is 11.6 Å². The Hall–Kier alpha value is -1.76. The molecule has 0 fully saturated rings. The number of nitrogens with zero attached hydrogens (tertiary/aromatic N) is 2. The second-order valence-corrected chi connectivity index (χ2v) is 4.65. The molecule has 0 aliphatic heterocycles. The topological polar surface area (TPSA) is 25.8 Å².